The molecule has 0 saturated carbocycles. The van der Waals surface area contributed by atoms with Gasteiger partial charge in [0.1, 0.15) is 5.82 Å². The van der Waals surface area contributed by atoms with Gasteiger partial charge in [0.05, 0.1) is 10.2 Å². The summed E-state index contributed by atoms with van der Waals surface area (Å²) in [7, 11) is -2.98. The van der Waals surface area contributed by atoms with Gasteiger partial charge in [-0.25, -0.2) is 19.2 Å². The van der Waals surface area contributed by atoms with Crippen LogP contribution >= 0.6 is 15.9 Å². The first-order chi connectivity index (χ1) is 7.98. The van der Waals surface area contributed by atoms with Crippen molar-refractivity contribution in [3.8, 4) is 0 Å². The van der Waals surface area contributed by atoms with Gasteiger partial charge in [0, 0.05) is 18.5 Å². The molecule has 96 valence electrons. The maximum absolute atomic E-state index is 11.3. The number of nitrogens with two attached hydrogens (primary N) is 1. The molecule has 0 bridgehead atoms. The SMILES string of the molecule is CCS(=O)(=O)CCNc1nc(NN)ncc1Br. The Hall–Kier alpha value is -0.930. The molecule has 7 nitrogen and oxygen atoms in total. The Morgan fingerprint density at radius 3 is 2.82 bits per heavy atom. The molecule has 4 N–H and O–H groups in total. The number of anilines is 2. The van der Waals surface area contributed by atoms with Crippen molar-refractivity contribution in [1.29, 1.82) is 0 Å². The van der Waals surface area contributed by atoms with E-state index in [1.54, 1.807) is 6.92 Å². The first kappa shape index (κ1) is 14.1. The van der Waals surface area contributed by atoms with Gasteiger partial charge in [0.15, 0.2) is 9.84 Å². The molecule has 17 heavy (non-hydrogen) atoms. The molecule has 1 rings (SSSR count). The van der Waals surface area contributed by atoms with Crippen molar-refractivity contribution in [2.75, 3.05) is 28.8 Å². The zero-order valence-electron chi connectivity index (χ0n) is 9.27. The molecule has 1 aromatic rings. The number of nitrogen functional groups attached to an aromatic ring is 1. The summed E-state index contributed by atoms with van der Waals surface area (Å²) in [6.45, 7) is 1.90. The first-order valence-corrected chi connectivity index (χ1v) is 7.53. The van der Waals surface area contributed by atoms with Gasteiger partial charge in [0.2, 0.25) is 5.95 Å². The molecule has 0 atom stereocenters. The van der Waals surface area contributed by atoms with E-state index < -0.39 is 9.84 Å². The van der Waals surface area contributed by atoms with Gasteiger partial charge >= 0.3 is 0 Å². The van der Waals surface area contributed by atoms with Crippen LogP contribution in [0.15, 0.2) is 10.7 Å². The number of halogens is 1. The van der Waals surface area contributed by atoms with Gasteiger partial charge in [-0.15, -0.1) is 0 Å². The monoisotopic (exact) mass is 323 g/mol. The summed E-state index contributed by atoms with van der Waals surface area (Å²) >= 11 is 3.25. The molecule has 0 aliphatic carbocycles. The molecule has 0 spiro atoms. The van der Waals surface area contributed by atoms with Crippen LogP contribution in [0.4, 0.5) is 11.8 Å². The Labute approximate surface area is 108 Å². The predicted octanol–water partition coefficient (Wildman–Crippen LogP) is 0.371. The Morgan fingerprint density at radius 1 is 1.53 bits per heavy atom. The van der Waals surface area contributed by atoms with E-state index in [9.17, 15) is 8.42 Å². The molecular weight excluding hydrogens is 310 g/mol. The summed E-state index contributed by atoms with van der Waals surface area (Å²) in [5.74, 6) is 6.13. The average Bonchev–Trinajstić information content (AvgIpc) is 2.31. The molecule has 0 aromatic carbocycles. The second-order valence-corrected chi connectivity index (χ2v) is 6.52. The van der Waals surface area contributed by atoms with Crippen molar-refractivity contribution in [3.63, 3.8) is 0 Å². The van der Waals surface area contributed by atoms with Gasteiger partial charge in [-0.3, -0.25) is 5.43 Å². The standard InChI is InChI=1S/C8H14BrN5O2S/c1-2-17(15,16)4-3-11-7-6(9)5-12-8(13-7)14-10/h5H,2-4,10H2,1H3,(H2,11,12,13,14). The zero-order valence-corrected chi connectivity index (χ0v) is 11.7. The Kier molecular flexibility index (Phi) is 5.09. The van der Waals surface area contributed by atoms with E-state index in [1.165, 1.54) is 6.20 Å². The Morgan fingerprint density at radius 2 is 2.24 bits per heavy atom. The van der Waals surface area contributed by atoms with Crippen molar-refractivity contribution >= 4 is 37.5 Å². The molecule has 0 radical (unpaired) electrons. The third kappa shape index (κ3) is 4.44. The minimum atomic E-state index is -2.98. The smallest absolute Gasteiger partial charge is 0.239 e. The maximum atomic E-state index is 11.3. The lowest BCUT2D eigenvalue weighted by Crippen LogP contribution is -2.18. The highest BCUT2D eigenvalue weighted by Gasteiger charge is 2.08. The third-order valence-corrected chi connectivity index (χ3v) is 4.30. The van der Waals surface area contributed by atoms with Crippen molar-refractivity contribution in [2.45, 2.75) is 6.92 Å². The van der Waals surface area contributed by atoms with Gasteiger partial charge in [-0.05, 0) is 15.9 Å². The average molecular weight is 324 g/mol. The number of hydrazine groups is 1. The van der Waals surface area contributed by atoms with Crippen molar-refractivity contribution in [1.82, 2.24) is 9.97 Å². The zero-order chi connectivity index (χ0) is 12.9. The topological polar surface area (TPSA) is 110 Å². The lowest BCUT2D eigenvalue weighted by atomic mass is 10.5. The lowest BCUT2D eigenvalue weighted by molar-refractivity contribution is 0.597. The van der Waals surface area contributed by atoms with Crippen LogP contribution in [0, 0.1) is 0 Å². The minimum absolute atomic E-state index is 0.0608. The molecule has 0 aliphatic heterocycles. The molecular formula is C8H14BrN5O2S. The van der Waals surface area contributed by atoms with Crippen LogP contribution in [0.1, 0.15) is 6.92 Å². The minimum Gasteiger partial charge on any atom is -0.368 e. The molecule has 9 heteroatoms. The van der Waals surface area contributed by atoms with Crippen LogP contribution in [0.2, 0.25) is 0 Å². The van der Waals surface area contributed by atoms with Crippen LogP contribution in [-0.4, -0.2) is 36.4 Å². The molecule has 0 unspecified atom stereocenters. The quantitative estimate of drug-likeness (QED) is 0.512. The third-order valence-electron chi connectivity index (χ3n) is 2.02. The second-order valence-electron chi connectivity index (χ2n) is 3.20. The molecule has 0 aliphatic rings. The lowest BCUT2D eigenvalue weighted by Gasteiger charge is -2.08. The summed E-state index contributed by atoms with van der Waals surface area (Å²) in [4.78, 5) is 7.91. The summed E-state index contributed by atoms with van der Waals surface area (Å²) in [6.07, 6.45) is 1.53. The van der Waals surface area contributed by atoms with Gasteiger partial charge in [0.25, 0.3) is 0 Å². The number of hydrogen-bond acceptors (Lipinski definition) is 7. The Balaban J connectivity index is 2.63. The Bertz CT molecular complexity index is 479. The second kappa shape index (κ2) is 6.12. The molecule has 0 saturated heterocycles. The highest BCUT2D eigenvalue weighted by atomic mass is 79.9. The van der Waals surface area contributed by atoms with Gasteiger partial charge in [-0.2, -0.15) is 4.98 Å². The van der Waals surface area contributed by atoms with Crippen LogP contribution in [0.3, 0.4) is 0 Å². The van der Waals surface area contributed by atoms with Crippen LogP contribution in [0.5, 0.6) is 0 Å². The fraction of sp³-hybridized carbons (Fsp3) is 0.500. The number of rotatable bonds is 6. The number of hydrogen-bond donors (Lipinski definition) is 3. The predicted molar refractivity (Wildman–Crippen MR) is 70.4 cm³/mol. The highest BCUT2D eigenvalue weighted by molar-refractivity contribution is 9.10. The first-order valence-electron chi connectivity index (χ1n) is 4.92. The van der Waals surface area contributed by atoms with E-state index in [4.69, 9.17) is 5.84 Å². The summed E-state index contributed by atoms with van der Waals surface area (Å²) in [6, 6.07) is 0. The van der Waals surface area contributed by atoms with Gasteiger partial charge in [-0.1, -0.05) is 6.92 Å². The fourth-order valence-corrected chi connectivity index (χ4v) is 2.06. The summed E-state index contributed by atoms with van der Waals surface area (Å²) in [5.41, 5.74) is 2.31. The van der Waals surface area contributed by atoms with Crippen LogP contribution in [-0.2, 0) is 9.84 Å². The molecule has 1 aromatic heterocycles. The normalized spacial score (nSPS) is 11.2. The number of aromatic nitrogens is 2. The number of nitrogens with one attached hydrogen (secondary N) is 2. The summed E-state index contributed by atoms with van der Waals surface area (Å²) in [5, 5.41) is 2.91. The van der Waals surface area contributed by atoms with E-state index >= 15 is 0 Å². The fourth-order valence-electron chi connectivity index (χ4n) is 1.03. The van der Waals surface area contributed by atoms with Crippen LogP contribution < -0.4 is 16.6 Å². The van der Waals surface area contributed by atoms with E-state index in [-0.39, 0.29) is 24.0 Å². The van der Waals surface area contributed by atoms with Crippen molar-refractivity contribution in [2.24, 2.45) is 5.84 Å². The molecule has 0 fully saturated rings. The number of nitrogens with zero attached hydrogens (tertiary/aromatic N) is 2. The molecule has 0 amide bonds. The number of sulfone groups is 1. The van der Waals surface area contributed by atoms with Crippen LogP contribution in [0.25, 0.3) is 0 Å². The van der Waals surface area contributed by atoms with Crippen molar-refractivity contribution in [3.05, 3.63) is 10.7 Å². The maximum Gasteiger partial charge on any atom is 0.239 e. The van der Waals surface area contributed by atoms with E-state index in [0.717, 1.165) is 0 Å². The molecule has 1 heterocycles. The van der Waals surface area contributed by atoms with E-state index in [2.05, 4.69) is 36.6 Å². The van der Waals surface area contributed by atoms with E-state index in [0.29, 0.717) is 10.3 Å². The van der Waals surface area contributed by atoms with Crippen molar-refractivity contribution < 1.29 is 8.42 Å². The largest absolute Gasteiger partial charge is 0.368 e. The van der Waals surface area contributed by atoms with E-state index in [1.807, 2.05) is 0 Å². The van der Waals surface area contributed by atoms with Gasteiger partial charge < -0.3 is 5.32 Å². The summed E-state index contributed by atoms with van der Waals surface area (Å²) < 4.78 is 23.2. The highest BCUT2D eigenvalue weighted by Crippen LogP contribution is 2.19.